The second kappa shape index (κ2) is 7.67. The van der Waals surface area contributed by atoms with Crippen LogP contribution in [0.3, 0.4) is 0 Å². The zero-order valence-electron chi connectivity index (χ0n) is 14.6. The summed E-state index contributed by atoms with van der Waals surface area (Å²) >= 11 is 0. The number of hydrogen-bond acceptors (Lipinski definition) is 5. The Morgan fingerprint density at radius 3 is 2.76 bits per heavy atom. The highest BCUT2D eigenvalue weighted by Crippen LogP contribution is 2.22. The van der Waals surface area contributed by atoms with E-state index >= 15 is 0 Å². The highest BCUT2D eigenvalue weighted by molar-refractivity contribution is 5.95. The van der Waals surface area contributed by atoms with Gasteiger partial charge >= 0.3 is 0 Å². The normalized spacial score (nSPS) is 15.9. The number of nitrogens with zero attached hydrogens (tertiary/aromatic N) is 3. The number of carbonyl (C=O) groups is 1. The SMILES string of the molecule is Cc1cc(C(=O)NC[C@H](O)c2ccnn2C)ccc1N1CCOCC1. The Labute approximate surface area is 147 Å². The monoisotopic (exact) mass is 344 g/mol. The zero-order valence-corrected chi connectivity index (χ0v) is 14.6. The minimum atomic E-state index is -0.787. The van der Waals surface area contributed by atoms with E-state index in [2.05, 4.69) is 15.3 Å². The summed E-state index contributed by atoms with van der Waals surface area (Å²) in [7, 11) is 1.76. The lowest BCUT2D eigenvalue weighted by Gasteiger charge is -2.30. The molecule has 134 valence electrons. The number of benzene rings is 1. The molecular weight excluding hydrogens is 320 g/mol. The van der Waals surface area contributed by atoms with Gasteiger partial charge < -0.3 is 20.1 Å². The van der Waals surface area contributed by atoms with Crippen molar-refractivity contribution in [2.45, 2.75) is 13.0 Å². The maximum atomic E-state index is 12.4. The van der Waals surface area contributed by atoms with Crippen LogP contribution in [0.15, 0.2) is 30.5 Å². The molecule has 7 nitrogen and oxygen atoms in total. The number of aromatic nitrogens is 2. The van der Waals surface area contributed by atoms with Gasteiger partial charge in [0.2, 0.25) is 0 Å². The van der Waals surface area contributed by atoms with Crippen molar-refractivity contribution < 1.29 is 14.6 Å². The Morgan fingerprint density at radius 1 is 1.36 bits per heavy atom. The van der Waals surface area contributed by atoms with Gasteiger partial charge in [-0.05, 0) is 36.8 Å². The summed E-state index contributed by atoms with van der Waals surface area (Å²) in [5, 5.41) is 17.0. The van der Waals surface area contributed by atoms with Crippen LogP contribution in [-0.2, 0) is 11.8 Å². The van der Waals surface area contributed by atoms with Crippen molar-refractivity contribution in [1.82, 2.24) is 15.1 Å². The topological polar surface area (TPSA) is 79.6 Å². The van der Waals surface area contributed by atoms with E-state index in [0.717, 1.165) is 37.6 Å². The van der Waals surface area contributed by atoms with Crippen LogP contribution in [0.5, 0.6) is 0 Å². The average Bonchev–Trinajstić information content (AvgIpc) is 3.06. The molecule has 1 saturated heterocycles. The Bertz CT molecular complexity index is 738. The van der Waals surface area contributed by atoms with Crippen LogP contribution < -0.4 is 10.2 Å². The molecule has 0 saturated carbocycles. The number of aliphatic hydroxyl groups is 1. The van der Waals surface area contributed by atoms with Gasteiger partial charge in [0.25, 0.3) is 5.91 Å². The number of anilines is 1. The predicted octanol–water partition coefficient (Wildman–Crippen LogP) is 1.03. The quantitative estimate of drug-likeness (QED) is 0.847. The standard InChI is InChI=1S/C18H24N4O3/c1-13-11-14(3-4-15(13)22-7-9-25-10-8-22)18(24)19-12-17(23)16-5-6-20-21(16)2/h3-6,11,17,23H,7-10,12H2,1-2H3,(H,19,24)/t17-/m0/s1. The Balaban J connectivity index is 1.62. The van der Waals surface area contributed by atoms with Crippen LogP contribution >= 0.6 is 0 Å². The van der Waals surface area contributed by atoms with Crippen molar-refractivity contribution in [2.24, 2.45) is 7.05 Å². The summed E-state index contributed by atoms with van der Waals surface area (Å²) < 4.78 is 6.98. The van der Waals surface area contributed by atoms with Gasteiger partial charge in [0.15, 0.2) is 0 Å². The number of aliphatic hydroxyl groups excluding tert-OH is 1. The lowest BCUT2D eigenvalue weighted by Crippen LogP contribution is -2.36. The van der Waals surface area contributed by atoms with Gasteiger partial charge in [0.05, 0.1) is 18.9 Å². The Kier molecular flexibility index (Phi) is 5.35. The van der Waals surface area contributed by atoms with E-state index in [0.29, 0.717) is 11.3 Å². The molecule has 7 heteroatoms. The largest absolute Gasteiger partial charge is 0.385 e. The van der Waals surface area contributed by atoms with Gasteiger partial charge in [-0.15, -0.1) is 0 Å². The van der Waals surface area contributed by atoms with E-state index in [4.69, 9.17) is 4.74 Å². The third-order valence-electron chi connectivity index (χ3n) is 4.47. The summed E-state index contributed by atoms with van der Waals surface area (Å²) in [6, 6.07) is 7.42. The predicted molar refractivity (Wildman–Crippen MR) is 94.7 cm³/mol. The average molecular weight is 344 g/mol. The third kappa shape index (κ3) is 4.00. The maximum Gasteiger partial charge on any atom is 0.251 e. The van der Waals surface area contributed by atoms with Crippen LogP contribution in [-0.4, -0.2) is 53.6 Å². The highest BCUT2D eigenvalue weighted by atomic mass is 16.5. The third-order valence-corrected chi connectivity index (χ3v) is 4.47. The lowest BCUT2D eigenvalue weighted by molar-refractivity contribution is 0.0911. The van der Waals surface area contributed by atoms with Gasteiger partial charge in [-0.2, -0.15) is 5.10 Å². The minimum absolute atomic E-state index is 0.141. The van der Waals surface area contributed by atoms with E-state index in [-0.39, 0.29) is 12.5 Å². The number of ether oxygens (including phenoxy) is 1. The van der Waals surface area contributed by atoms with E-state index in [9.17, 15) is 9.90 Å². The minimum Gasteiger partial charge on any atom is -0.385 e. The molecule has 1 aliphatic heterocycles. The van der Waals surface area contributed by atoms with Gasteiger partial charge in [0.1, 0.15) is 6.10 Å². The number of rotatable bonds is 5. The molecule has 1 aliphatic rings. The molecule has 0 unspecified atom stereocenters. The summed E-state index contributed by atoms with van der Waals surface area (Å²) in [6.45, 7) is 5.34. The van der Waals surface area contributed by atoms with Crippen molar-refractivity contribution in [3.8, 4) is 0 Å². The first-order valence-corrected chi connectivity index (χ1v) is 8.44. The van der Waals surface area contributed by atoms with Crippen LogP contribution in [0.4, 0.5) is 5.69 Å². The van der Waals surface area contributed by atoms with Crippen molar-refractivity contribution >= 4 is 11.6 Å². The van der Waals surface area contributed by atoms with Gasteiger partial charge in [-0.25, -0.2) is 0 Å². The van der Waals surface area contributed by atoms with Crippen molar-refractivity contribution in [3.05, 3.63) is 47.3 Å². The molecular formula is C18H24N4O3. The first-order valence-electron chi connectivity index (χ1n) is 8.44. The molecule has 2 N–H and O–H groups in total. The van der Waals surface area contributed by atoms with Crippen LogP contribution in [0.25, 0.3) is 0 Å². The number of nitrogens with one attached hydrogen (secondary N) is 1. The summed E-state index contributed by atoms with van der Waals surface area (Å²) in [4.78, 5) is 14.6. The molecule has 25 heavy (non-hydrogen) atoms. The summed E-state index contributed by atoms with van der Waals surface area (Å²) in [5.74, 6) is -0.196. The molecule has 3 rings (SSSR count). The first-order chi connectivity index (χ1) is 12.1. The van der Waals surface area contributed by atoms with Crippen molar-refractivity contribution in [2.75, 3.05) is 37.7 Å². The molecule has 1 fully saturated rings. The fourth-order valence-electron chi connectivity index (χ4n) is 3.06. The summed E-state index contributed by atoms with van der Waals surface area (Å²) in [5.41, 5.74) is 3.45. The molecule has 1 amide bonds. The smallest absolute Gasteiger partial charge is 0.251 e. The molecule has 1 aromatic carbocycles. The number of aryl methyl sites for hydroxylation is 2. The van der Waals surface area contributed by atoms with Crippen LogP contribution in [0.1, 0.15) is 27.7 Å². The second-order valence-corrected chi connectivity index (χ2v) is 6.21. The van der Waals surface area contributed by atoms with E-state index in [1.54, 1.807) is 24.0 Å². The molecule has 2 aromatic rings. The Morgan fingerprint density at radius 2 is 2.12 bits per heavy atom. The van der Waals surface area contributed by atoms with E-state index in [1.807, 2.05) is 25.1 Å². The Hall–Kier alpha value is -2.38. The van der Waals surface area contributed by atoms with Crippen molar-refractivity contribution in [1.29, 1.82) is 0 Å². The number of morpholine rings is 1. The number of carbonyl (C=O) groups excluding carboxylic acids is 1. The molecule has 0 spiro atoms. The lowest BCUT2D eigenvalue weighted by atomic mass is 10.1. The van der Waals surface area contributed by atoms with Crippen LogP contribution in [0.2, 0.25) is 0 Å². The zero-order chi connectivity index (χ0) is 17.8. The molecule has 1 atom stereocenters. The van der Waals surface area contributed by atoms with E-state index < -0.39 is 6.10 Å². The molecule has 0 radical (unpaired) electrons. The molecule has 1 aromatic heterocycles. The second-order valence-electron chi connectivity index (χ2n) is 6.21. The molecule has 2 heterocycles. The van der Waals surface area contributed by atoms with E-state index in [1.165, 1.54) is 0 Å². The van der Waals surface area contributed by atoms with Crippen molar-refractivity contribution in [3.63, 3.8) is 0 Å². The van der Waals surface area contributed by atoms with Gasteiger partial charge in [-0.3, -0.25) is 9.48 Å². The number of hydrogen-bond donors (Lipinski definition) is 2. The molecule has 0 bridgehead atoms. The fourth-order valence-corrected chi connectivity index (χ4v) is 3.06. The fraction of sp³-hybridized carbons (Fsp3) is 0.444. The summed E-state index contributed by atoms with van der Waals surface area (Å²) in [6.07, 6.45) is 0.832. The number of amides is 1. The first kappa shape index (κ1) is 17.4. The van der Waals surface area contributed by atoms with Crippen LogP contribution in [0, 0.1) is 6.92 Å². The maximum absolute atomic E-state index is 12.4. The van der Waals surface area contributed by atoms with Gasteiger partial charge in [-0.1, -0.05) is 0 Å². The van der Waals surface area contributed by atoms with Gasteiger partial charge in [0, 0.05) is 44.1 Å². The highest BCUT2D eigenvalue weighted by Gasteiger charge is 2.16. The molecule has 0 aliphatic carbocycles.